The summed E-state index contributed by atoms with van der Waals surface area (Å²) >= 11 is 0. The second-order valence-electron chi connectivity index (χ2n) is 6.49. The molecule has 1 fully saturated rings. The maximum Gasteiger partial charge on any atom is 0.243 e. The summed E-state index contributed by atoms with van der Waals surface area (Å²) < 4.78 is 26.7. The van der Waals surface area contributed by atoms with E-state index in [1.807, 2.05) is 26.0 Å². The van der Waals surface area contributed by atoms with E-state index in [2.05, 4.69) is 5.32 Å². The van der Waals surface area contributed by atoms with Crippen LogP contribution in [0.5, 0.6) is 0 Å². The van der Waals surface area contributed by atoms with Gasteiger partial charge in [0.2, 0.25) is 15.9 Å². The lowest BCUT2D eigenvalue weighted by Gasteiger charge is -2.25. The number of amides is 1. The van der Waals surface area contributed by atoms with Gasteiger partial charge in [0.25, 0.3) is 0 Å². The van der Waals surface area contributed by atoms with Gasteiger partial charge in [-0.1, -0.05) is 25.5 Å². The molecule has 6 heteroatoms. The van der Waals surface area contributed by atoms with E-state index in [-0.39, 0.29) is 11.9 Å². The first kappa shape index (κ1) is 18.9. The van der Waals surface area contributed by atoms with Crippen molar-refractivity contribution in [3.63, 3.8) is 0 Å². The molecule has 1 aliphatic heterocycles. The Morgan fingerprint density at radius 3 is 2.38 bits per heavy atom. The zero-order valence-electron chi connectivity index (χ0n) is 14.6. The molecule has 1 atom stereocenters. The second-order valence-corrected chi connectivity index (χ2v) is 8.42. The van der Waals surface area contributed by atoms with Gasteiger partial charge in [-0.15, -0.1) is 0 Å². The van der Waals surface area contributed by atoms with Crippen molar-refractivity contribution in [2.24, 2.45) is 0 Å². The molecular weight excluding hydrogens is 324 g/mol. The summed E-state index contributed by atoms with van der Waals surface area (Å²) in [7, 11) is -3.38. The smallest absolute Gasteiger partial charge is 0.243 e. The predicted octanol–water partition coefficient (Wildman–Crippen LogP) is 2.71. The topological polar surface area (TPSA) is 66.5 Å². The monoisotopic (exact) mass is 352 g/mol. The first-order valence-electron chi connectivity index (χ1n) is 8.82. The third kappa shape index (κ3) is 5.05. The molecule has 0 aliphatic carbocycles. The molecule has 1 amide bonds. The van der Waals surface area contributed by atoms with Crippen molar-refractivity contribution in [1.29, 1.82) is 0 Å². The molecule has 1 saturated heterocycles. The van der Waals surface area contributed by atoms with Crippen LogP contribution < -0.4 is 5.32 Å². The summed E-state index contributed by atoms with van der Waals surface area (Å²) in [6.45, 7) is 5.24. The number of hydrogen-bond acceptors (Lipinski definition) is 3. The van der Waals surface area contributed by atoms with Gasteiger partial charge in [0.15, 0.2) is 0 Å². The second kappa shape index (κ2) is 8.62. The quantitative estimate of drug-likeness (QED) is 0.820. The van der Waals surface area contributed by atoms with Gasteiger partial charge in [-0.3, -0.25) is 4.79 Å². The number of nitrogens with one attached hydrogen (secondary N) is 1. The van der Waals surface area contributed by atoms with E-state index >= 15 is 0 Å². The lowest BCUT2D eigenvalue weighted by atomic mass is 10.1. The first-order valence-corrected chi connectivity index (χ1v) is 10.3. The van der Waals surface area contributed by atoms with E-state index in [0.717, 1.165) is 31.2 Å². The van der Waals surface area contributed by atoms with Crippen LogP contribution in [-0.4, -0.2) is 37.8 Å². The van der Waals surface area contributed by atoms with E-state index in [9.17, 15) is 13.2 Å². The minimum absolute atomic E-state index is 0.0364. The third-order valence-electron chi connectivity index (χ3n) is 4.54. The number of hydrogen-bond donors (Lipinski definition) is 1. The number of aryl methyl sites for hydroxylation is 1. The van der Waals surface area contributed by atoms with Crippen LogP contribution in [0.2, 0.25) is 0 Å². The molecule has 24 heavy (non-hydrogen) atoms. The third-order valence-corrected chi connectivity index (χ3v) is 6.45. The normalized spacial score (nSPS) is 17.4. The molecular formula is C18H28N2O3S. The average Bonchev–Trinajstić information content (AvgIpc) is 2.61. The lowest BCUT2D eigenvalue weighted by molar-refractivity contribution is -0.121. The molecule has 0 radical (unpaired) electrons. The fraction of sp³-hybridized carbons (Fsp3) is 0.611. The van der Waals surface area contributed by atoms with E-state index in [0.29, 0.717) is 30.8 Å². The number of sulfonamides is 1. The molecule has 5 nitrogen and oxygen atoms in total. The number of carbonyl (C=O) groups excluding carboxylic acids is 1. The minimum atomic E-state index is -3.38. The molecule has 1 aromatic carbocycles. The molecule has 1 unspecified atom stereocenters. The van der Waals surface area contributed by atoms with Crippen molar-refractivity contribution in [3.05, 3.63) is 29.8 Å². The molecule has 2 rings (SSSR count). The molecule has 134 valence electrons. The summed E-state index contributed by atoms with van der Waals surface area (Å²) in [5, 5.41) is 2.94. The van der Waals surface area contributed by atoms with Gasteiger partial charge >= 0.3 is 0 Å². The van der Waals surface area contributed by atoms with Crippen LogP contribution in [-0.2, 0) is 21.2 Å². The number of piperidine rings is 1. The largest absolute Gasteiger partial charge is 0.354 e. The van der Waals surface area contributed by atoms with Crippen LogP contribution in [0.25, 0.3) is 0 Å². The van der Waals surface area contributed by atoms with Crippen LogP contribution in [0.15, 0.2) is 29.2 Å². The Morgan fingerprint density at radius 2 is 1.79 bits per heavy atom. The van der Waals surface area contributed by atoms with Crippen LogP contribution in [0.4, 0.5) is 0 Å². The lowest BCUT2D eigenvalue weighted by Crippen LogP contribution is -2.35. The van der Waals surface area contributed by atoms with Gasteiger partial charge in [0.05, 0.1) is 4.90 Å². The van der Waals surface area contributed by atoms with Gasteiger partial charge in [0.1, 0.15) is 0 Å². The Kier molecular flexibility index (Phi) is 6.80. The van der Waals surface area contributed by atoms with Crippen LogP contribution in [0, 0.1) is 0 Å². The molecule has 1 aromatic rings. The van der Waals surface area contributed by atoms with Crippen LogP contribution in [0.1, 0.15) is 51.5 Å². The highest BCUT2D eigenvalue weighted by Crippen LogP contribution is 2.21. The number of carbonyl (C=O) groups is 1. The van der Waals surface area contributed by atoms with E-state index in [1.165, 1.54) is 0 Å². The average molecular weight is 353 g/mol. The minimum Gasteiger partial charge on any atom is -0.354 e. The Morgan fingerprint density at radius 1 is 1.17 bits per heavy atom. The van der Waals surface area contributed by atoms with Gasteiger partial charge in [-0.25, -0.2) is 8.42 Å². The van der Waals surface area contributed by atoms with Crippen molar-refractivity contribution in [2.45, 2.75) is 63.3 Å². The van der Waals surface area contributed by atoms with Crippen molar-refractivity contribution < 1.29 is 13.2 Å². The maximum absolute atomic E-state index is 12.6. The predicted molar refractivity (Wildman–Crippen MR) is 95.3 cm³/mol. The molecule has 0 bridgehead atoms. The van der Waals surface area contributed by atoms with Gasteiger partial charge < -0.3 is 5.32 Å². The van der Waals surface area contributed by atoms with Crippen LogP contribution in [0.3, 0.4) is 0 Å². The summed E-state index contributed by atoms with van der Waals surface area (Å²) in [4.78, 5) is 12.1. The van der Waals surface area contributed by atoms with Gasteiger partial charge in [0, 0.05) is 25.6 Å². The van der Waals surface area contributed by atoms with E-state index < -0.39 is 10.0 Å². The van der Waals surface area contributed by atoms with E-state index in [4.69, 9.17) is 0 Å². The summed E-state index contributed by atoms with van der Waals surface area (Å²) in [6.07, 6.45) is 4.92. The molecule has 0 spiro atoms. The summed E-state index contributed by atoms with van der Waals surface area (Å²) in [5.74, 6) is 0.0364. The molecule has 1 heterocycles. The molecule has 0 aromatic heterocycles. The molecule has 1 aliphatic rings. The number of nitrogens with zero attached hydrogens (tertiary/aromatic N) is 1. The zero-order valence-corrected chi connectivity index (χ0v) is 15.4. The highest BCUT2D eigenvalue weighted by molar-refractivity contribution is 7.89. The van der Waals surface area contributed by atoms with Crippen LogP contribution >= 0.6 is 0 Å². The fourth-order valence-electron chi connectivity index (χ4n) is 2.79. The van der Waals surface area contributed by atoms with Gasteiger partial charge in [-0.05, 0) is 50.3 Å². The standard InChI is InChI=1S/C18H28N2O3S/c1-3-15(2)19-18(21)12-9-16-7-10-17(11-8-16)24(22,23)20-13-5-4-6-14-20/h7-8,10-11,15H,3-6,9,12-14H2,1-2H3,(H,19,21). The molecule has 1 N–H and O–H groups in total. The van der Waals surface area contributed by atoms with Crippen molar-refractivity contribution in [3.8, 4) is 0 Å². The SMILES string of the molecule is CCC(C)NC(=O)CCc1ccc(S(=O)(=O)N2CCCCC2)cc1. The Balaban J connectivity index is 1.94. The van der Waals surface area contributed by atoms with Crippen molar-refractivity contribution >= 4 is 15.9 Å². The number of rotatable bonds is 7. The Bertz CT molecular complexity index is 635. The van der Waals surface area contributed by atoms with Crippen molar-refractivity contribution in [2.75, 3.05) is 13.1 Å². The first-order chi connectivity index (χ1) is 11.4. The van der Waals surface area contributed by atoms with E-state index in [1.54, 1.807) is 16.4 Å². The fourth-order valence-corrected chi connectivity index (χ4v) is 4.31. The Hall–Kier alpha value is -1.40. The van der Waals surface area contributed by atoms with Gasteiger partial charge in [-0.2, -0.15) is 4.31 Å². The highest BCUT2D eigenvalue weighted by Gasteiger charge is 2.25. The zero-order chi connectivity index (χ0) is 17.6. The summed E-state index contributed by atoms with van der Waals surface area (Å²) in [6, 6.07) is 7.13. The highest BCUT2D eigenvalue weighted by atomic mass is 32.2. The Labute approximate surface area is 145 Å². The summed E-state index contributed by atoms with van der Waals surface area (Å²) in [5.41, 5.74) is 0.979. The number of benzene rings is 1. The maximum atomic E-state index is 12.6. The van der Waals surface area contributed by atoms with Crippen molar-refractivity contribution in [1.82, 2.24) is 9.62 Å². The molecule has 0 saturated carbocycles.